The van der Waals surface area contributed by atoms with Crippen molar-refractivity contribution in [3.05, 3.63) is 98.5 Å². The molecule has 1 N–H and O–H groups in total. The third-order valence-electron chi connectivity index (χ3n) is 11.9. The number of fused-ring (bicyclic) bond motifs is 1. The maximum Gasteiger partial charge on any atom is 0.378 e. The number of nitrogens with zero attached hydrogens (tertiary/aromatic N) is 5. The maximum atomic E-state index is 14.2. The molecule has 1 aromatic heterocycles. The van der Waals surface area contributed by atoms with Gasteiger partial charge in [-0.05, 0) is 60.9 Å². The van der Waals surface area contributed by atoms with Crippen LogP contribution < -0.4 is 24.4 Å². The third kappa shape index (κ3) is 9.25. The van der Waals surface area contributed by atoms with Crippen LogP contribution in [-0.4, -0.2) is 127 Å². The first-order valence-electron chi connectivity index (χ1n) is 21.0. The molecule has 19 nitrogen and oxygen atoms in total. The Kier molecular flexibility index (Phi) is 14.1. The van der Waals surface area contributed by atoms with Gasteiger partial charge in [-0.3, -0.25) is 29.5 Å². The van der Waals surface area contributed by atoms with Crippen molar-refractivity contribution in [1.29, 1.82) is 0 Å². The molecule has 4 radical (unpaired) electrons. The first-order chi connectivity index (χ1) is 32.7. The van der Waals surface area contributed by atoms with Gasteiger partial charge in [0.1, 0.15) is 30.4 Å². The van der Waals surface area contributed by atoms with Crippen LogP contribution >= 0.6 is 34.7 Å². The number of oxime groups is 1. The Labute approximate surface area is 405 Å². The van der Waals surface area contributed by atoms with Crippen LogP contribution in [0.2, 0.25) is 5.02 Å². The Hall–Kier alpha value is -6.45. The number of carbonyl (C=O) groups excluding carboxylic acids is 6. The number of hydrazine groups is 1. The summed E-state index contributed by atoms with van der Waals surface area (Å²) in [6, 6.07) is 16.6. The van der Waals surface area contributed by atoms with E-state index in [1.165, 1.54) is 28.4 Å². The highest BCUT2D eigenvalue weighted by atomic mass is 35.5. The minimum atomic E-state index is -1.86. The molecule has 3 aliphatic heterocycles. The minimum absolute atomic E-state index is 0.0440. The molecule has 4 fully saturated rings. The second-order valence-corrected chi connectivity index (χ2v) is 18.8. The third-order valence-corrected chi connectivity index (χ3v) is 14.8. The Morgan fingerprint density at radius 3 is 2.12 bits per heavy atom. The van der Waals surface area contributed by atoms with Crippen molar-refractivity contribution in [2.75, 3.05) is 33.9 Å². The number of ketones is 1. The zero-order valence-corrected chi connectivity index (χ0v) is 39.2. The fraction of sp³-hybridized carbons (Fsp3) is 0.364. The van der Waals surface area contributed by atoms with Crippen LogP contribution in [0.25, 0.3) is 0 Å². The van der Waals surface area contributed by atoms with Gasteiger partial charge < -0.3 is 38.0 Å². The highest BCUT2D eigenvalue weighted by Crippen LogP contribution is 2.53. The molecule has 68 heavy (non-hydrogen) atoms. The molecule has 350 valence electrons. The van der Waals surface area contributed by atoms with Crippen LogP contribution in [0, 0.1) is 12.8 Å². The topological polar surface area (TPSA) is 214 Å². The predicted molar refractivity (Wildman–Crippen MR) is 246 cm³/mol. The van der Waals surface area contributed by atoms with Crippen LogP contribution in [0.4, 0.5) is 4.79 Å². The average molecular weight is 983 g/mol. The number of aromatic nitrogens is 1. The SMILES string of the molecule is [B]OC(=O)C1(O/N=C(\C(=O)C[C@@H]2C(=O)N3C[C@@](C(=O)O[B])(N4CCN(NC(=O)c5ccc(OCc6ccc(OC)cc6)c(OCc6ccc(OC)cc6)c5Cl)C4=O)S[C@H]23)c2csc(C)n2)CCC1. The quantitative estimate of drug-likeness (QED) is 0.0595. The lowest BCUT2D eigenvalue weighted by Crippen LogP contribution is -2.60. The van der Waals surface area contributed by atoms with E-state index >= 15 is 0 Å². The van der Waals surface area contributed by atoms with Crippen LogP contribution in [0.5, 0.6) is 23.0 Å². The molecule has 0 bridgehead atoms. The highest BCUT2D eigenvalue weighted by molar-refractivity contribution is 8.02. The van der Waals surface area contributed by atoms with Gasteiger partial charge in [-0.1, -0.05) is 52.8 Å². The number of thiazole rings is 1. The van der Waals surface area contributed by atoms with Crippen LogP contribution in [0.1, 0.15) is 57.9 Å². The summed E-state index contributed by atoms with van der Waals surface area (Å²) in [5.41, 5.74) is 2.60. The fourth-order valence-corrected chi connectivity index (χ4v) is 10.6. The second kappa shape index (κ2) is 20.0. The summed E-state index contributed by atoms with van der Waals surface area (Å²) in [7, 11) is 13.7. The molecule has 1 aliphatic carbocycles. The zero-order chi connectivity index (χ0) is 48.3. The molecule has 0 spiro atoms. The van der Waals surface area contributed by atoms with Gasteiger partial charge in [0, 0.05) is 31.2 Å². The minimum Gasteiger partial charge on any atom is -0.541 e. The number of β-lactam (4-membered cyclic amide) rings is 1. The Balaban J connectivity index is 0.972. The van der Waals surface area contributed by atoms with Crippen LogP contribution in [0.15, 0.2) is 71.2 Å². The molecule has 3 atom stereocenters. The number of Topliss-reactive ketones (excluding diaryl/α,β-unsaturated/α-hetero) is 1. The molecule has 4 aliphatic rings. The van der Waals surface area contributed by atoms with Crippen molar-refractivity contribution in [1.82, 2.24) is 25.2 Å². The van der Waals surface area contributed by atoms with E-state index in [2.05, 4.69) is 20.2 Å². The molecule has 8 rings (SSSR count). The summed E-state index contributed by atoms with van der Waals surface area (Å²) in [5.74, 6) is -3.11. The number of amides is 4. The van der Waals surface area contributed by atoms with Crippen LogP contribution in [-0.2, 0) is 46.5 Å². The van der Waals surface area contributed by atoms with Gasteiger partial charge in [0.15, 0.2) is 23.0 Å². The lowest BCUT2D eigenvalue weighted by Gasteiger charge is -2.41. The van der Waals surface area contributed by atoms with Gasteiger partial charge in [-0.2, -0.15) is 0 Å². The largest absolute Gasteiger partial charge is 0.541 e. The average Bonchev–Trinajstić information content (AvgIpc) is 4.05. The number of rotatable bonds is 19. The lowest BCUT2D eigenvalue weighted by atomic mass is 9.80. The zero-order valence-electron chi connectivity index (χ0n) is 36.8. The monoisotopic (exact) mass is 982 g/mol. The molecule has 4 heterocycles. The summed E-state index contributed by atoms with van der Waals surface area (Å²) < 4.78 is 32.0. The number of aryl methyl sites for hydroxylation is 1. The van der Waals surface area contributed by atoms with E-state index in [1.807, 2.05) is 24.3 Å². The second-order valence-electron chi connectivity index (χ2n) is 16.0. The van der Waals surface area contributed by atoms with Gasteiger partial charge in [0.2, 0.25) is 16.4 Å². The van der Waals surface area contributed by atoms with Gasteiger partial charge in [0.05, 0.1) is 54.2 Å². The molecule has 24 heteroatoms. The molecule has 3 saturated heterocycles. The number of hydrogen-bond acceptors (Lipinski definition) is 17. The first-order valence-corrected chi connectivity index (χ1v) is 23.1. The number of urea groups is 1. The van der Waals surface area contributed by atoms with Gasteiger partial charge in [-0.25, -0.2) is 19.6 Å². The van der Waals surface area contributed by atoms with Gasteiger partial charge in [0.25, 0.3) is 5.91 Å². The van der Waals surface area contributed by atoms with Crippen molar-refractivity contribution >= 4 is 92.1 Å². The Bertz CT molecular complexity index is 2660. The smallest absolute Gasteiger partial charge is 0.378 e. The summed E-state index contributed by atoms with van der Waals surface area (Å²) in [6.45, 7) is 1.37. The summed E-state index contributed by atoms with van der Waals surface area (Å²) in [4.78, 5) is 92.5. The van der Waals surface area contributed by atoms with E-state index in [0.717, 1.165) is 32.8 Å². The number of thioether (sulfide) groups is 1. The number of nitrogens with one attached hydrogen (secondary N) is 1. The fourth-order valence-electron chi connectivity index (χ4n) is 7.99. The number of carbonyl (C=O) groups is 6. The van der Waals surface area contributed by atoms with E-state index in [-0.39, 0.29) is 85.6 Å². The highest BCUT2D eigenvalue weighted by Gasteiger charge is 2.66. The van der Waals surface area contributed by atoms with E-state index in [0.29, 0.717) is 22.9 Å². The van der Waals surface area contributed by atoms with E-state index < -0.39 is 57.3 Å². The Morgan fingerprint density at radius 1 is 0.897 bits per heavy atom. The Morgan fingerprint density at radius 2 is 1.54 bits per heavy atom. The number of hydrogen-bond donors (Lipinski definition) is 1. The number of ether oxygens (including phenoxy) is 4. The van der Waals surface area contributed by atoms with E-state index in [1.54, 1.807) is 50.8 Å². The molecule has 3 aromatic carbocycles. The van der Waals surface area contributed by atoms with Gasteiger partial charge in [-0.15, -0.1) is 11.3 Å². The van der Waals surface area contributed by atoms with Crippen molar-refractivity contribution in [2.45, 2.75) is 61.7 Å². The van der Waals surface area contributed by atoms with Crippen molar-refractivity contribution in [3.63, 3.8) is 0 Å². The molecular formula is C44H41B2ClN6O13S2. The van der Waals surface area contributed by atoms with Crippen LogP contribution in [0.3, 0.4) is 0 Å². The van der Waals surface area contributed by atoms with Gasteiger partial charge >= 0.3 is 34.1 Å². The standard InChI is InChI=1S/C44H41B2ClN6O13S2/c1-24-48-31(22-67-24)35(50-66-43(15-4-16-43)40(57)64-45)32(54)19-30-38(56)51-23-44(41(58)65-46,68-39(30)51)52-17-18-53(42(52)59)49-37(55)29-13-14-33(62-20-25-5-9-27(60-2)10-6-25)36(34(29)47)63-21-26-7-11-28(61-3)12-8-26/h5-14,22,30,39H,4,15-21,23H2,1-3H3,(H,49,55)/b50-35-/t30-,39-,44-/m1/s1. The summed E-state index contributed by atoms with van der Waals surface area (Å²) in [5, 5.41) is 6.39. The summed E-state index contributed by atoms with van der Waals surface area (Å²) in [6.07, 6.45) is 0.778. The summed E-state index contributed by atoms with van der Waals surface area (Å²) >= 11 is 9.08. The van der Waals surface area contributed by atoms with E-state index in [4.69, 9.17) is 56.1 Å². The van der Waals surface area contributed by atoms with Crippen molar-refractivity contribution < 1.29 is 61.9 Å². The maximum absolute atomic E-state index is 14.2. The predicted octanol–water partition coefficient (Wildman–Crippen LogP) is 4.45. The molecule has 4 aromatic rings. The lowest BCUT2D eigenvalue weighted by molar-refractivity contribution is -0.175. The first kappa shape index (κ1) is 48.0. The van der Waals surface area contributed by atoms with Crippen molar-refractivity contribution in [2.24, 2.45) is 11.1 Å². The molecule has 1 saturated carbocycles. The van der Waals surface area contributed by atoms with E-state index in [9.17, 15) is 28.8 Å². The van der Waals surface area contributed by atoms with Crippen molar-refractivity contribution in [3.8, 4) is 23.0 Å². The molecular weight excluding hydrogens is 942 g/mol. The number of methoxy groups -OCH3 is 2. The normalized spacial score (nSPS) is 20.4. The molecule has 4 amide bonds. The number of halogens is 1. The number of benzene rings is 3. The molecule has 0 unspecified atom stereocenters.